The van der Waals surface area contributed by atoms with E-state index < -0.39 is 11.7 Å². The van der Waals surface area contributed by atoms with Crippen LogP contribution >= 0.6 is 11.3 Å². The number of carbonyl (C=O) groups excluding carboxylic acids is 1. The number of hydrogen-bond acceptors (Lipinski definition) is 5. The number of halogens is 1. The van der Waals surface area contributed by atoms with E-state index in [1.807, 2.05) is 36.4 Å². The van der Waals surface area contributed by atoms with E-state index in [1.54, 1.807) is 11.2 Å². The van der Waals surface area contributed by atoms with Crippen molar-refractivity contribution in [1.82, 2.24) is 24.8 Å². The van der Waals surface area contributed by atoms with E-state index in [4.69, 9.17) is 4.98 Å². The SMILES string of the molecule is CC(C)(F)c1ncc(C(=O)N2CCc3[nH]cnc3[C@H]2c2ccc3ccccc3n2)s1. The molecule has 1 amide bonds. The summed E-state index contributed by atoms with van der Waals surface area (Å²) in [5.74, 6) is -0.184. The minimum Gasteiger partial charge on any atom is -0.348 e. The van der Waals surface area contributed by atoms with Crippen LogP contribution in [-0.4, -0.2) is 37.3 Å². The molecule has 1 aromatic carbocycles. The van der Waals surface area contributed by atoms with Crippen LogP contribution in [0.1, 0.15) is 51.7 Å². The standard InChI is InChI=1S/C22H20FN5OS/c1-22(2,23)21-24-11-17(30-21)20(29)28-10-9-15-18(26-12-25-15)19(28)16-8-7-13-5-3-4-6-14(13)27-16/h3-8,11-12,19H,9-10H2,1-2H3,(H,25,26)/t19-/m1/s1. The van der Waals surface area contributed by atoms with Gasteiger partial charge in [-0.05, 0) is 26.0 Å². The largest absolute Gasteiger partial charge is 0.348 e. The second-order valence-corrected chi connectivity index (χ2v) is 8.88. The van der Waals surface area contributed by atoms with Gasteiger partial charge in [-0.25, -0.2) is 14.4 Å². The third-order valence-electron chi connectivity index (χ3n) is 5.31. The van der Waals surface area contributed by atoms with Gasteiger partial charge in [0.2, 0.25) is 0 Å². The van der Waals surface area contributed by atoms with Crippen molar-refractivity contribution in [3.63, 3.8) is 0 Å². The van der Waals surface area contributed by atoms with Crippen LogP contribution in [0.25, 0.3) is 10.9 Å². The van der Waals surface area contributed by atoms with Crippen molar-refractivity contribution in [2.45, 2.75) is 32.0 Å². The Labute approximate surface area is 176 Å². The number of nitrogens with one attached hydrogen (secondary N) is 1. The molecule has 0 radical (unpaired) electrons. The van der Waals surface area contributed by atoms with Gasteiger partial charge in [-0.2, -0.15) is 0 Å². The van der Waals surface area contributed by atoms with Crippen LogP contribution in [0.2, 0.25) is 0 Å². The Morgan fingerprint density at radius 2 is 2.07 bits per heavy atom. The van der Waals surface area contributed by atoms with Crippen LogP contribution in [0.3, 0.4) is 0 Å². The van der Waals surface area contributed by atoms with Crippen LogP contribution in [0.5, 0.6) is 0 Å². The number of carbonyl (C=O) groups is 1. The van der Waals surface area contributed by atoms with Crippen molar-refractivity contribution in [3.8, 4) is 0 Å². The third kappa shape index (κ3) is 3.17. The average molecular weight is 422 g/mol. The lowest BCUT2D eigenvalue weighted by Crippen LogP contribution is -2.40. The summed E-state index contributed by atoms with van der Waals surface area (Å²) in [5, 5.41) is 1.33. The number of benzene rings is 1. The molecular formula is C22H20FN5OS. The maximum absolute atomic E-state index is 14.3. The van der Waals surface area contributed by atoms with E-state index in [2.05, 4.69) is 15.0 Å². The molecule has 4 aromatic rings. The Balaban J connectivity index is 1.58. The number of amides is 1. The second-order valence-electron chi connectivity index (χ2n) is 7.85. The minimum atomic E-state index is -1.58. The number of aromatic amines is 1. The molecule has 1 aliphatic heterocycles. The molecule has 0 bridgehead atoms. The van der Waals surface area contributed by atoms with Crippen molar-refractivity contribution in [1.29, 1.82) is 0 Å². The Bertz CT molecular complexity index is 1240. The van der Waals surface area contributed by atoms with E-state index in [0.29, 0.717) is 22.9 Å². The highest BCUT2D eigenvalue weighted by Gasteiger charge is 2.36. The van der Waals surface area contributed by atoms with Crippen molar-refractivity contribution >= 4 is 28.1 Å². The Hall–Kier alpha value is -3.13. The van der Waals surface area contributed by atoms with Gasteiger partial charge in [-0.15, -0.1) is 11.3 Å². The van der Waals surface area contributed by atoms with Crippen LogP contribution in [0, 0.1) is 0 Å². The van der Waals surface area contributed by atoms with Gasteiger partial charge in [0.1, 0.15) is 15.9 Å². The molecule has 0 spiro atoms. The number of thiazole rings is 1. The summed E-state index contributed by atoms with van der Waals surface area (Å²) < 4.78 is 14.3. The van der Waals surface area contributed by atoms with E-state index >= 15 is 0 Å². The Kier molecular flexibility index (Phi) is 4.39. The summed E-state index contributed by atoms with van der Waals surface area (Å²) in [7, 11) is 0. The number of rotatable bonds is 3. The molecule has 5 rings (SSSR count). The van der Waals surface area contributed by atoms with E-state index in [-0.39, 0.29) is 5.91 Å². The molecule has 1 N–H and O–H groups in total. The van der Waals surface area contributed by atoms with Gasteiger partial charge < -0.3 is 9.88 Å². The van der Waals surface area contributed by atoms with Crippen molar-refractivity contribution in [3.05, 3.63) is 75.9 Å². The zero-order valence-electron chi connectivity index (χ0n) is 16.6. The molecule has 1 aliphatic rings. The van der Waals surface area contributed by atoms with Crippen LogP contribution in [0.15, 0.2) is 48.9 Å². The van der Waals surface area contributed by atoms with Crippen molar-refractivity contribution in [2.24, 2.45) is 0 Å². The Morgan fingerprint density at radius 1 is 1.23 bits per heavy atom. The monoisotopic (exact) mass is 421 g/mol. The summed E-state index contributed by atoms with van der Waals surface area (Å²) in [6.07, 6.45) is 3.79. The first kappa shape index (κ1) is 18.9. The first-order chi connectivity index (χ1) is 14.4. The highest BCUT2D eigenvalue weighted by atomic mass is 32.1. The number of pyridine rings is 1. The average Bonchev–Trinajstić information content (AvgIpc) is 3.41. The fourth-order valence-corrected chi connectivity index (χ4v) is 4.68. The topological polar surface area (TPSA) is 74.8 Å². The molecule has 1 atom stereocenters. The van der Waals surface area contributed by atoms with E-state index in [0.717, 1.165) is 39.3 Å². The predicted octanol–water partition coefficient (Wildman–Crippen LogP) is 4.41. The zero-order valence-corrected chi connectivity index (χ0v) is 17.4. The lowest BCUT2D eigenvalue weighted by molar-refractivity contribution is 0.0692. The van der Waals surface area contributed by atoms with Crippen LogP contribution in [-0.2, 0) is 12.1 Å². The van der Waals surface area contributed by atoms with E-state index in [1.165, 1.54) is 20.0 Å². The maximum Gasteiger partial charge on any atom is 0.266 e. The van der Waals surface area contributed by atoms with Gasteiger partial charge in [0, 0.05) is 24.0 Å². The molecule has 3 aromatic heterocycles. The van der Waals surface area contributed by atoms with Crippen LogP contribution in [0.4, 0.5) is 4.39 Å². The molecule has 0 unspecified atom stereocenters. The van der Waals surface area contributed by atoms with Gasteiger partial charge in [0.25, 0.3) is 5.91 Å². The van der Waals surface area contributed by atoms with Gasteiger partial charge >= 0.3 is 0 Å². The summed E-state index contributed by atoms with van der Waals surface area (Å²) in [6, 6.07) is 11.4. The number of nitrogens with zero attached hydrogens (tertiary/aromatic N) is 4. The highest BCUT2D eigenvalue weighted by molar-refractivity contribution is 7.13. The lowest BCUT2D eigenvalue weighted by Gasteiger charge is -2.34. The fourth-order valence-electron chi connectivity index (χ4n) is 3.82. The molecule has 0 saturated heterocycles. The zero-order chi connectivity index (χ0) is 20.9. The molecule has 0 aliphatic carbocycles. The number of alkyl halides is 1. The lowest BCUT2D eigenvalue weighted by atomic mass is 9.98. The molecule has 8 heteroatoms. The number of H-pyrrole nitrogens is 1. The van der Waals surface area contributed by atoms with Gasteiger partial charge in [0.15, 0.2) is 5.67 Å². The minimum absolute atomic E-state index is 0.184. The smallest absolute Gasteiger partial charge is 0.266 e. The number of para-hydroxylation sites is 1. The number of imidazole rings is 1. The number of aromatic nitrogens is 4. The first-order valence-corrected chi connectivity index (χ1v) is 10.6. The molecule has 0 saturated carbocycles. The number of hydrogen-bond donors (Lipinski definition) is 1. The fraction of sp³-hybridized carbons (Fsp3) is 0.273. The van der Waals surface area contributed by atoms with Crippen molar-refractivity contribution < 1.29 is 9.18 Å². The molecular weight excluding hydrogens is 401 g/mol. The van der Waals surface area contributed by atoms with E-state index in [9.17, 15) is 9.18 Å². The normalized spacial score (nSPS) is 16.6. The summed E-state index contributed by atoms with van der Waals surface area (Å²) in [4.78, 5) is 32.3. The molecule has 6 nitrogen and oxygen atoms in total. The Morgan fingerprint density at radius 3 is 2.87 bits per heavy atom. The summed E-state index contributed by atoms with van der Waals surface area (Å²) >= 11 is 1.10. The quantitative estimate of drug-likeness (QED) is 0.532. The summed E-state index contributed by atoms with van der Waals surface area (Å²) in [6.45, 7) is 3.40. The van der Waals surface area contributed by atoms with Gasteiger partial charge in [0.05, 0.1) is 29.4 Å². The van der Waals surface area contributed by atoms with Crippen molar-refractivity contribution in [2.75, 3.05) is 6.54 Å². The molecule has 0 fully saturated rings. The van der Waals surface area contributed by atoms with Gasteiger partial charge in [-0.1, -0.05) is 24.3 Å². The van der Waals surface area contributed by atoms with Gasteiger partial charge in [-0.3, -0.25) is 9.78 Å². The third-order valence-corrected chi connectivity index (χ3v) is 6.60. The summed E-state index contributed by atoms with van der Waals surface area (Å²) in [5.41, 5.74) is 1.84. The molecule has 30 heavy (non-hydrogen) atoms. The second kappa shape index (κ2) is 6.98. The molecule has 152 valence electrons. The van der Waals surface area contributed by atoms with Crippen LogP contribution < -0.4 is 0 Å². The maximum atomic E-state index is 14.3. The highest BCUT2D eigenvalue weighted by Crippen LogP contribution is 2.36. The molecule has 4 heterocycles. The predicted molar refractivity (Wildman–Crippen MR) is 113 cm³/mol. The first-order valence-electron chi connectivity index (χ1n) is 9.76. The number of fused-ring (bicyclic) bond motifs is 2.